The lowest BCUT2D eigenvalue weighted by atomic mass is 9.31. The van der Waals surface area contributed by atoms with Gasteiger partial charge in [-0.1, -0.05) is 13.8 Å². The zero-order valence-corrected chi connectivity index (χ0v) is 6.07. The van der Waals surface area contributed by atoms with Gasteiger partial charge in [0.15, 0.2) is 0 Å². The van der Waals surface area contributed by atoms with Crippen LogP contribution >= 0.6 is 0 Å². The van der Waals surface area contributed by atoms with Gasteiger partial charge in [-0.3, -0.25) is 0 Å². The summed E-state index contributed by atoms with van der Waals surface area (Å²) in [6.07, 6.45) is 2.07. The maximum absolute atomic E-state index is 5.97. The van der Waals surface area contributed by atoms with Crippen LogP contribution in [0.2, 0.25) is 0 Å². The second-order valence-corrected chi connectivity index (χ2v) is 4.29. The fourth-order valence-electron chi connectivity index (χ4n) is 2.24. The highest BCUT2D eigenvalue weighted by molar-refractivity contribution is 5.36. The third kappa shape index (κ3) is 0.310. The molecule has 0 saturated heterocycles. The van der Waals surface area contributed by atoms with Crippen molar-refractivity contribution in [3.63, 3.8) is 0 Å². The lowest BCUT2D eigenvalue weighted by molar-refractivity contribution is -0.203. The summed E-state index contributed by atoms with van der Waals surface area (Å²) in [5.74, 6) is 0. The summed E-state index contributed by atoms with van der Waals surface area (Å²) in [6, 6.07) is 0. The van der Waals surface area contributed by atoms with E-state index in [0.717, 1.165) is 12.8 Å². The Morgan fingerprint density at radius 1 is 1.00 bits per heavy atom. The summed E-state index contributed by atoms with van der Waals surface area (Å²) in [5, 5.41) is 0. The molecule has 0 amide bonds. The molecule has 0 atom stereocenters. The quantitative estimate of drug-likeness (QED) is 0.487. The van der Waals surface area contributed by atoms with Crippen LogP contribution in [0.25, 0.3) is 0 Å². The second-order valence-electron chi connectivity index (χ2n) is 4.29. The smallest absolute Gasteiger partial charge is 0.0259 e. The van der Waals surface area contributed by atoms with Gasteiger partial charge in [0.05, 0.1) is 0 Å². The fraction of sp³-hybridized carbons (Fsp3) is 1.00. The van der Waals surface area contributed by atoms with Crippen molar-refractivity contribution in [3.8, 4) is 0 Å². The Labute approximate surface area is 55.6 Å². The molecule has 0 heterocycles. The van der Waals surface area contributed by atoms with Gasteiger partial charge < -0.3 is 11.5 Å². The monoisotopic (exact) mass is 126 g/mol. The average Bonchev–Trinajstić information content (AvgIpc) is 1.64. The summed E-state index contributed by atoms with van der Waals surface area (Å²) >= 11 is 0. The predicted octanol–water partition coefficient (Wildman–Crippen LogP) is 0.215. The molecule has 2 heteroatoms. The third-order valence-electron chi connectivity index (χ3n) is 3.75. The van der Waals surface area contributed by atoms with Gasteiger partial charge in [0.1, 0.15) is 0 Å². The van der Waals surface area contributed by atoms with Gasteiger partial charge in [-0.2, -0.15) is 0 Å². The van der Waals surface area contributed by atoms with E-state index >= 15 is 0 Å². The van der Waals surface area contributed by atoms with E-state index in [4.69, 9.17) is 11.5 Å². The van der Waals surface area contributed by atoms with Crippen molar-refractivity contribution >= 4 is 0 Å². The first-order valence-corrected chi connectivity index (χ1v) is 3.49. The minimum Gasteiger partial charge on any atom is -0.324 e. The fourth-order valence-corrected chi connectivity index (χ4v) is 2.24. The van der Waals surface area contributed by atoms with Gasteiger partial charge >= 0.3 is 0 Å². The minimum absolute atomic E-state index is 0.0990. The maximum Gasteiger partial charge on any atom is 0.0259 e. The van der Waals surface area contributed by atoms with Crippen molar-refractivity contribution < 1.29 is 0 Å². The summed E-state index contributed by atoms with van der Waals surface area (Å²) in [7, 11) is 0. The van der Waals surface area contributed by atoms with Crippen LogP contribution < -0.4 is 11.5 Å². The first kappa shape index (κ1) is 5.69. The maximum atomic E-state index is 5.97. The number of rotatable bonds is 0. The van der Waals surface area contributed by atoms with Crippen LogP contribution in [-0.4, -0.2) is 11.1 Å². The van der Waals surface area contributed by atoms with Crippen LogP contribution in [0, 0.1) is 5.41 Å². The Morgan fingerprint density at radius 2 is 1.33 bits per heavy atom. The average molecular weight is 126 g/mol. The van der Waals surface area contributed by atoms with Gasteiger partial charge in [-0.15, -0.1) is 0 Å². The molecular formula is C7H14N2. The van der Waals surface area contributed by atoms with Crippen molar-refractivity contribution in [2.45, 2.75) is 37.8 Å². The molecule has 0 spiro atoms. The van der Waals surface area contributed by atoms with Crippen molar-refractivity contribution in [2.75, 3.05) is 0 Å². The van der Waals surface area contributed by atoms with Crippen LogP contribution in [0.3, 0.4) is 0 Å². The molecule has 3 fully saturated rings. The van der Waals surface area contributed by atoms with Gasteiger partial charge in [0, 0.05) is 16.5 Å². The summed E-state index contributed by atoms with van der Waals surface area (Å²) < 4.78 is 0. The molecule has 0 aromatic carbocycles. The Bertz CT molecular complexity index is 150. The molecule has 3 rings (SSSR count). The van der Waals surface area contributed by atoms with E-state index in [-0.39, 0.29) is 16.5 Å². The van der Waals surface area contributed by atoms with E-state index < -0.39 is 0 Å². The minimum atomic E-state index is 0.0990. The highest BCUT2D eigenvalue weighted by atomic mass is 15.1. The Morgan fingerprint density at radius 3 is 1.33 bits per heavy atom. The first-order valence-electron chi connectivity index (χ1n) is 3.49. The van der Waals surface area contributed by atoms with E-state index in [1.807, 2.05) is 0 Å². The summed E-state index contributed by atoms with van der Waals surface area (Å²) in [4.78, 5) is 0. The topological polar surface area (TPSA) is 52.0 Å². The SMILES string of the molecule is CC1(C)C2(N)CC1(N)C2. The van der Waals surface area contributed by atoms with Crippen LogP contribution in [0.5, 0.6) is 0 Å². The van der Waals surface area contributed by atoms with Crippen molar-refractivity contribution in [3.05, 3.63) is 0 Å². The molecule has 52 valence electrons. The Kier molecular flexibility index (Phi) is 0.604. The van der Waals surface area contributed by atoms with E-state index in [0.29, 0.717) is 0 Å². The largest absolute Gasteiger partial charge is 0.324 e. The molecular weight excluding hydrogens is 112 g/mol. The van der Waals surface area contributed by atoms with Crippen LogP contribution in [0.4, 0.5) is 0 Å². The number of hydrogen-bond donors (Lipinski definition) is 2. The molecule has 0 aromatic heterocycles. The predicted molar refractivity (Wildman–Crippen MR) is 36.9 cm³/mol. The molecule has 0 unspecified atom stereocenters. The first-order chi connectivity index (χ1) is 3.91. The molecule has 3 saturated carbocycles. The molecule has 0 aliphatic heterocycles. The Balaban J connectivity index is 2.31. The molecule has 2 bridgehead atoms. The van der Waals surface area contributed by atoms with Gasteiger partial charge in [0.2, 0.25) is 0 Å². The van der Waals surface area contributed by atoms with Gasteiger partial charge in [0.25, 0.3) is 0 Å². The third-order valence-corrected chi connectivity index (χ3v) is 3.75. The van der Waals surface area contributed by atoms with Gasteiger partial charge in [-0.05, 0) is 12.8 Å². The lowest BCUT2D eigenvalue weighted by Crippen LogP contribution is -2.92. The molecule has 4 N–H and O–H groups in total. The molecule has 2 nitrogen and oxygen atoms in total. The lowest BCUT2D eigenvalue weighted by Gasteiger charge is -2.79. The van der Waals surface area contributed by atoms with E-state index in [9.17, 15) is 0 Å². The van der Waals surface area contributed by atoms with Crippen molar-refractivity contribution in [1.82, 2.24) is 0 Å². The standard InChI is InChI=1S/C7H14N2/c1-5(2)6(8)3-7(5,9)4-6/h3-4,8-9H2,1-2H3. The molecule has 3 aliphatic rings. The molecule has 3 aliphatic carbocycles. The summed E-state index contributed by atoms with van der Waals surface area (Å²) in [6.45, 7) is 4.33. The molecule has 9 heavy (non-hydrogen) atoms. The van der Waals surface area contributed by atoms with Gasteiger partial charge in [-0.25, -0.2) is 0 Å². The van der Waals surface area contributed by atoms with Crippen molar-refractivity contribution in [1.29, 1.82) is 0 Å². The van der Waals surface area contributed by atoms with Crippen LogP contribution in [0.1, 0.15) is 26.7 Å². The van der Waals surface area contributed by atoms with E-state index in [2.05, 4.69) is 13.8 Å². The summed E-state index contributed by atoms with van der Waals surface area (Å²) in [5.41, 5.74) is 12.3. The van der Waals surface area contributed by atoms with E-state index in [1.165, 1.54) is 0 Å². The highest BCUT2D eigenvalue weighted by Crippen LogP contribution is 2.69. The van der Waals surface area contributed by atoms with Crippen LogP contribution in [-0.2, 0) is 0 Å². The van der Waals surface area contributed by atoms with E-state index in [1.54, 1.807) is 0 Å². The van der Waals surface area contributed by atoms with Crippen LogP contribution in [0.15, 0.2) is 0 Å². The normalized spacial score (nSPS) is 60.0. The van der Waals surface area contributed by atoms with Crippen molar-refractivity contribution in [2.24, 2.45) is 16.9 Å². The number of nitrogens with two attached hydrogens (primary N) is 2. The zero-order chi connectivity index (χ0) is 6.91. The Hall–Kier alpha value is -0.0800. The number of hydrogen-bond acceptors (Lipinski definition) is 2. The zero-order valence-electron chi connectivity index (χ0n) is 6.07. The molecule has 0 aromatic rings. The highest BCUT2D eigenvalue weighted by Gasteiger charge is 2.77. The molecule has 0 radical (unpaired) electrons. The second kappa shape index (κ2) is 0.956.